The number of hydrogen-bond donors (Lipinski definition) is 1. The number of carbonyl (C=O) groups is 2. The van der Waals surface area contributed by atoms with Gasteiger partial charge in [0.2, 0.25) is 0 Å². The number of allylic oxidation sites excluding steroid dienone is 1. The lowest BCUT2D eigenvalue weighted by Crippen LogP contribution is -2.02. The molecule has 0 atom stereocenters. The van der Waals surface area contributed by atoms with Gasteiger partial charge in [-0.2, -0.15) is 0 Å². The van der Waals surface area contributed by atoms with E-state index in [1.165, 1.54) is 26.4 Å². The molecule has 0 spiro atoms. The number of methoxy groups -OCH3 is 1. The highest BCUT2D eigenvalue weighted by atomic mass is 16.5. The molecular formula is C24H34O4. The second-order valence-electron chi connectivity index (χ2n) is 6.50. The maximum atomic E-state index is 11.5. The molecule has 0 heterocycles. The molecule has 0 bridgehead atoms. The number of ether oxygens (including phenoxy) is 1. The third-order valence-electron chi connectivity index (χ3n) is 4.15. The van der Waals surface area contributed by atoms with Crippen molar-refractivity contribution in [2.24, 2.45) is 0 Å². The van der Waals surface area contributed by atoms with E-state index in [2.05, 4.69) is 18.2 Å². The smallest absolute Gasteiger partial charge is 0.335 e. The van der Waals surface area contributed by atoms with E-state index in [0.29, 0.717) is 11.1 Å². The lowest BCUT2D eigenvalue weighted by Gasteiger charge is -2.08. The van der Waals surface area contributed by atoms with E-state index >= 15 is 0 Å². The summed E-state index contributed by atoms with van der Waals surface area (Å²) >= 11 is 0. The number of carboxylic acids is 1. The zero-order valence-corrected chi connectivity index (χ0v) is 17.7. The normalized spacial score (nSPS) is 11.3. The molecule has 0 fully saturated rings. The predicted molar refractivity (Wildman–Crippen MR) is 116 cm³/mol. The number of unbranched alkanes of at least 4 members (excludes halogenated alkanes) is 3. The Bertz CT molecular complexity index is 669. The Balaban J connectivity index is 0.000000887. The van der Waals surface area contributed by atoms with Crippen LogP contribution in [-0.2, 0) is 14.3 Å². The first-order chi connectivity index (χ1) is 13.4. The number of benzene rings is 1. The average Bonchev–Trinajstić information content (AvgIpc) is 2.69. The molecule has 0 amide bonds. The molecule has 0 unspecified atom stereocenters. The summed E-state index contributed by atoms with van der Waals surface area (Å²) < 4.78 is 4.27. The fourth-order valence-corrected chi connectivity index (χ4v) is 2.53. The maximum Gasteiger partial charge on any atom is 0.335 e. The van der Waals surface area contributed by atoms with E-state index in [1.54, 1.807) is 13.0 Å². The Kier molecular flexibility index (Phi) is 14.0. The van der Waals surface area contributed by atoms with Crippen LogP contribution in [0.3, 0.4) is 0 Å². The third-order valence-corrected chi connectivity index (χ3v) is 4.15. The van der Waals surface area contributed by atoms with Gasteiger partial charge < -0.3 is 9.84 Å². The van der Waals surface area contributed by atoms with Crippen molar-refractivity contribution in [2.45, 2.75) is 59.3 Å². The fourth-order valence-electron chi connectivity index (χ4n) is 2.53. The molecule has 4 nitrogen and oxygen atoms in total. The summed E-state index contributed by atoms with van der Waals surface area (Å²) in [6, 6.07) is 9.81. The van der Waals surface area contributed by atoms with E-state index < -0.39 is 5.97 Å². The van der Waals surface area contributed by atoms with Gasteiger partial charge in [-0.15, -0.1) is 0 Å². The van der Waals surface area contributed by atoms with Gasteiger partial charge in [-0.3, -0.25) is 0 Å². The van der Waals surface area contributed by atoms with Crippen LogP contribution in [0, 0.1) is 0 Å². The van der Waals surface area contributed by atoms with E-state index in [9.17, 15) is 14.7 Å². The summed E-state index contributed by atoms with van der Waals surface area (Å²) in [4.78, 5) is 21.7. The number of aliphatic carboxylic acids is 1. The van der Waals surface area contributed by atoms with Gasteiger partial charge in [-0.05, 0) is 37.8 Å². The van der Waals surface area contributed by atoms with Crippen molar-refractivity contribution in [1.29, 1.82) is 0 Å². The minimum atomic E-state index is -0.825. The van der Waals surface area contributed by atoms with Crippen molar-refractivity contribution >= 4 is 18.0 Å². The summed E-state index contributed by atoms with van der Waals surface area (Å²) in [5, 5.41) is 9.45. The van der Waals surface area contributed by atoms with Crippen molar-refractivity contribution in [3.8, 4) is 0 Å². The molecule has 28 heavy (non-hydrogen) atoms. The second-order valence-corrected chi connectivity index (χ2v) is 6.50. The lowest BCUT2D eigenvalue weighted by atomic mass is 9.98. The molecule has 154 valence electrons. The van der Waals surface area contributed by atoms with Crippen LogP contribution in [0.25, 0.3) is 6.08 Å². The standard InChI is InChI=1S/C19H26O2.C5H8O2/c1-3-5-6-10-13-17(4-2)18(19(20)21)15-14-16-11-8-7-9-12-16;1-4(2)5(6)7-3/h7-9,11-12,14-15H,3-6,10,13H2,1-2H3,(H,20,21);1H2,2-3H3. The molecule has 1 aromatic rings. The van der Waals surface area contributed by atoms with E-state index in [4.69, 9.17) is 0 Å². The monoisotopic (exact) mass is 386 g/mol. The molecular weight excluding hydrogens is 352 g/mol. The molecule has 4 heteroatoms. The molecule has 1 aromatic carbocycles. The van der Waals surface area contributed by atoms with E-state index in [0.717, 1.165) is 30.4 Å². The number of carboxylic acid groups (broad SMARTS) is 1. The van der Waals surface area contributed by atoms with Crippen LogP contribution >= 0.6 is 0 Å². The third kappa shape index (κ3) is 11.2. The Morgan fingerprint density at radius 3 is 2.18 bits per heavy atom. The highest BCUT2D eigenvalue weighted by molar-refractivity contribution is 5.92. The largest absolute Gasteiger partial charge is 0.478 e. The van der Waals surface area contributed by atoms with Gasteiger partial charge in [0.1, 0.15) is 0 Å². The predicted octanol–water partition coefficient (Wildman–Crippen LogP) is 6.20. The summed E-state index contributed by atoms with van der Waals surface area (Å²) in [6.07, 6.45) is 9.98. The van der Waals surface area contributed by atoms with Crippen molar-refractivity contribution in [2.75, 3.05) is 7.11 Å². The Labute approximate surface area is 169 Å². The number of esters is 1. The lowest BCUT2D eigenvalue weighted by molar-refractivity contribution is -0.136. The molecule has 0 aromatic heterocycles. The van der Waals surface area contributed by atoms with Crippen LogP contribution in [0.1, 0.15) is 64.9 Å². The van der Waals surface area contributed by atoms with Crippen molar-refractivity contribution in [3.05, 3.63) is 65.3 Å². The van der Waals surface area contributed by atoms with Crippen LogP contribution in [0.5, 0.6) is 0 Å². The zero-order valence-electron chi connectivity index (χ0n) is 17.7. The highest BCUT2D eigenvalue weighted by Gasteiger charge is 2.10. The molecule has 0 saturated heterocycles. The molecule has 0 radical (unpaired) electrons. The number of carbonyl (C=O) groups excluding carboxylic acids is 1. The van der Waals surface area contributed by atoms with Crippen LogP contribution in [0.4, 0.5) is 0 Å². The van der Waals surface area contributed by atoms with Crippen LogP contribution in [0.15, 0.2) is 59.7 Å². The van der Waals surface area contributed by atoms with Gasteiger partial charge in [0, 0.05) is 5.57 Å². The Hall–Kier alpha value is -2.62. The van der Waals surface area contributed by atoms with E-state index in [-0.39, 0.29) is 5.97 Å². The number of hydrogen-bond acceptors (Lipinski definition) is 3. The van der Waals surface area contributed by atoms with Gasteiger partial charge in [0.05, 0.1) is 12.7 Å². The summed E-state index contributed by atoms with van der Waals surface area (Å²) in [5.74, 6) is -1.17. The minimum Gasteiger partial charge on any atom is -0.478 e. The highest BCUT2D eigenvalue weighted by Crippen LogP contribution is 2.20. The fraction of sp³-hybridized carbons (Fsp3) is 0.417. The van der Waals surface area contributed by atoms with Crippen molar-refractivity contribution in [1.82, 2.24) is 0 Å². The molecule has 1 N–H and O–H groups in total. The molecule has 1 rings (SSSR count). The molecule has 0 aliphatic carbocycles. The minimum absolute atomic E-state index is 0.347. The Morgan fingerprint density at radius 1 is 1.11 bits per heavy atom. The average molecular weight is 387 g/mol. The quantitative estimate of drug-likeness (QED) is 0.225. The Morgan fingerprint density at radius 2 is 1.75 bits per heavy atom. The second kappa shape index (κ2) is 15.4. The van der Waals surface area contributed by atoms with Crippen molar-refractivity contribution < 1.29 is 19.4 Å². The van der Waals surface area contributed by atoms with Gasteiger partial charge in [-0.25, -0.2) is 9.59 Å². The van der Waals surface area contributed by atoms with Crippen LogP contribution < -0.4 is 0 Å². The number of rotatable bonds is 10. The van der Waals surface area contributed by atoms with E-state index in [1.807, 2.05) is 43.3 Å². The molecule has 0 saturated carbocycles. The summed E-state index contributed by atoms with van der Waals surface area (Å²) in [6.45, 7) is 9.17. The van der Waals surface area contributed by atoms with Crippen LogP contribution in [0.2, 0.25) is 0 Å². The zero-order chi connectivity index (χ0) is 21.4. The topological polar surface area (TPSA) is 63.6 Å². The first kappa shape index (κ1) is 25.4. The molecule has 0 aliphatic heterocycles. The van der Waals surface area contributed by atoms with Crippen LogP contribution in [-0.4, -0.2) is 24.2 Å². The van der Waals surface area contributed by atoms with Gasteiger partial charge in [-0.1, -0.05) is 81.7 Å². The maximum absolute atomic E-state index is 11.5. The summed E-state index contributed by atoms with van der Waals surface area (Å²) in [7, 11) is 1.33. The van der Waals surface area contributed by atoms with Gasteiger partial charge in [0.15, 0.2) is 0 Å². The van der Waals surface area contributed by atoms with Gasteiger partial charge in [0.25, 0.3) is 0 Å². The molecule has 0 aliphatic rings. The summed E-state index contributed by atoms with van der Waals surface area (Å²) in [5.41, 5.74) is 2.96. The SMILES string of the molecule is C=C(C)C(=O)OC.CCCCCCC(CC)=C(C=Cc1ccccc1)C(=O)O. The van der Waals surface area contributed by atoms with Crippen molar-refractivity contribution in [3.63, 3.8) is 0 Å². The first-order valence-electron chi connectivity index (χ1n) is 9.79. The first-order valence-corrected chi connectivity index (χ1v) is 9.79. The van der Waals surface area contributed by atoms with Gasteiger partial charge >= 0.3 is 11.9 Å².